The fraction of sp³-hybridized carbons (Fsp3) is 0.250. The lowest BCUT2D eigenvalue weighted by Gasteiger charge is -2.11. The second-order valence-corrected chi connectivity index (χ2v) is 3.79. The first-order valence-corrected chi connectivity index (χ1v) is 5.05. The van der Waals surface area contributed by atoms with E-state index in [9.17, 15) is 4.79 Å². The van der Waals surface area contributed by atoms with Crippen molar-refractivity contribution in [3.63, 3.8) is 0 Å². The molecule has 80 valence electrons. The van der Waals surface area contributed by atoms with Crippen molar-refractivity contribution in [3.05, 3.63) is 41.4 Å². The number of ether oxygens (including phenoxy) is 1. The summed E-state index contributed by atoms with van der Waals surface area (Å²) in [7, 11) is 0. The standard InChI is InChI=1S/C12H13ClO2/c1-4-11(14)9-5-6-12(10(13)7-9)15-8(2)3/h4-8H,1H2,2-3H3. The zero-order chi connectivity index (χ0) is 11.4. The number of ketones is 1. The number of allylic oxidation sites excluding steroid dienone is 1. The van der Waals surface area contributed by atoms with Crippen LogP contribution in [0.25, 0.3) is 0 Å². The smallest absolute Gasteiger partial charge is 0.185 e. The Morgan fingerprint density at radius 1 is 1.53 bits per heavy atom. The summed E-state index contributed by atoms with van der Waals surface area (Å²) < 4.78 is 5.44. The van der Waals surface area contributed by atoms with Gasteiger partial charge in [0, 0.05) is 5.56 Å². The van der Waals surface area contributed by atoms with Crippen molar-refractivity contribution >= 4 is 17.4 Å². The van der Waals surface area contributed by atoms with Crippen LogP contribution in [0.1, 0.15) is 24.2 Å². The zero-order valence-corrected chi connectivity index (χ0v) is 9.54. The monoisotopic (exact) mass is 224 g/mol. The zero-order valence-electron chi connectivity index (χ0n) is 8.79. The molecule has 0 atom stereocenters. The minimum Gasteiger partial charge on any atom is -0.489 e. The van der Waals surface area contributed by atoms with Crippen molar-refractivity contribution in [1.82, 2.24) is 0 Å². The van der Waals surface area contributed by atoms with Gasteiger partial charge in [-0.3, -0.25) is 4.79 Å². The molecule has 0 aromatic heterocycles. The predicted octanol–water partition coefficient (Wildman–Crippen LogP) is 3.50. The van der Waals surface area contributed by atoms with E-state index < -0.39 is 0 Å². The molecule has 0 radical (unpaired) electrons. The summed E-state index contributed by atoms with van der Waals surface area (Å²) in [5.74, 6) is 0.445. The van der Waals surface area contributed by atoms with Crippen molar-refractivity contribution in [2.24, 2.45) is 0 Å². The molecule has 0 aliphatic rings. The third-order valence-corrected chi connectivity index (χ3v) is 2.06. The van der Waals surface area contributed by atoms with Crippen molar-refractivity contribution in [1.29, 1.82) is 0 Å². The molecule has 1 aromatic carbocycles. The van der Waals surface area contributed by atoms with E-state index in [2.05, 4.69) is 6.58 Å². The fourth-order valence-corrected chi connectivity index (χ4v) is 1.35. The van der Waals surface area contributed by atoms with Crippen molar-refractivity contribution in [2.45, 2.75) is 20.0 Å². The summed E-state index contributed by atoms with van der Waals surface area (Å²) >= 11 is 5.96. The second-order valence-electron chi connectivity index (χ2n) is 3.38. The first kappa shape index (κ1) is 11.8. The van der Waals surface area contributed by atoms with Crippen LogP contribution in [0.2, 0.25) is 5.02 Å². The Morgan fingerprint density at radius 3 is 2.67 bits per heavy atom. The first-order valence-electron chi connectivity index (χ1n) is 4.67. The SMILES string of the molecule is C=CC(=O)c1ccc(OC(C)C)c(Cl)c1. The Kier molecular flexibility index (Phi) is 3.92. The summed E-state index contributed by atoms with van der Waals surface area (Å²) in [5.41, 5.74) is 0.520. The van der Waals surface area contributed by atoms with E-state index in [-0.39, 0.29) is 11.9 Å². The van der Waals surface area contributed by atoms with E-state index in [0.717, 1.165) is 0 Å². The number of hydrogen-bond acceptors (Lipinski definition) is 2. The highest BCUT2D eigenvalue weighted by molar-refractivity contribution is 6.32. The van der Waals surface area contributed by atoms with Gasteiger partial charge in [0.2, 0.25) is 0 Å². The second kappa shape index (κ2) is 4.99. The third kappa shape index (κ3) is 3.10. The van der Waals surface area contributed by atoms with E-state index in [1.165, 1.54) is 6.08 Å². The molecule has 0 aliphatic heterocycles. The molecular formula is C12H13ClO2. The number of hydrogen-bond donors (Lipinski definition) is 0. The molecular weight excluding hydrogens is 212 g/mol. The normalized spacial score (nSPS) is 10.1. The lowest BCUT2D eigenvalue weighted by Crippen LogP contribution is -2.06. The molecule has 0 fully saturated rings. The molecule has 0 spiro atoms. The average Bonchev–Trinajstić information content (AvgIpc) is 2.19. The van der Waals surface area contributed by atoms with E-state index in [1.807, 2.05) is 13.8 Å². The quantitative estimate of drug-likeness (QED) is 0.578. The Balaban J connectivity index is 2.97. The number of halogens is 1. The summed E-state index contributed by atoms with van der Waals surface area (Å²) in [6.45, 7) is 7.25. The Labute approximate surface area is 94.5 Å². The van der Waals surface area contributed by atoms with Crippen LogP contribution >= 0.6 is 11.6 Å². The maximum absolute atomic E-state index is 11.3. The van der Waals surface area contributed by atoms with E-state index in [1.54, 1.807) is 18.2 Å². The van der Waals surface area contributed by atoms with Crippen LogP contribution in [0.4, 0.5) is 0 Å². The van der Waals surface area contributed by atoms with Gasteiger partial charge in [0.1, 0.15) is 5.75 Å². The molecule has 1 aromatic rings. The summed E-state index contributed by atoms with van der Waals surface area (Å²) in [4.78, 5) is 11.3. The van der Waals surface area contributed by atoms with E-state index in [0.29, 0.717) is 16.3 Å². The fourth-order valence-electron chi connectivity index (χ4n) is 1.12. The summed E-state index contributed by atoms with van der Waals surface area (Å²) in [6, 6.07) is 4.95. The third-order valence-electron chi connectivity index (χ3n) is 1.76. The molecule has 0 aliphatic carbocycles. The van der Waals surface area contributed by atoms with Crippen LogP contribution in [0.5, 0.6) is 5.75 Å². The van der Waals surface area contributed by atoms with Crippen molar-refractivity contribution < 1.29 is 9.53 Å². The molecule has 0 saturated carbocycles. The highest BCUT2D eigenvalue weighted by Gasteiger charge is 2.07. The van der Waals surface area contributed by atoms with Gasteiger partial charge in [0.05, 0.1) is 11.1 Å². The van der Waals surface area contributed by atoms with Gasteiger partial charge < -0.3 is 4.74 Å². The molecule has 1 rings (SSSR count). The minimum atomic E-state index is -0.145. The summed E-state index contributed by atoms with van der Waals surface area (Å²) in [6.07, 6.45) is 1.32. The Bertz CT molecular complexity index is 383. The molecule has 0 saturated heterocycles. The highest BCUT2D eigenvalue weighted by atomic mass is 35.5. The highest BCUT2D eigenvalue weighted by Crippen LogP contribution is 2.26. The van der Waals surface area contributed by atoms with Crippen molar-refractivity contribution in [3.8, 4) is 5.75 Å². The molecule has 3 heteroatoms. The first-order chi connectivity index (χ1) is 7.04. The molecule has 15 heavy (non-hydrogen) atoms. The number of carbonyl (C=O) groups is 1. The number of benzene rings is 1. The molecule has 0 N–H and O–H groups in total. The lowest BCUT2D eigenvalue weighted by atomic mass is 10.1. The molecule has 2 nitrogen and oxygen atoms in total. The van der Waals surface area contributed by atoms with Gasteiger partial charge in [-0.25, -0.2) is 0 Å². The van der Waals surface area contributed by atoms with Gasteiger partial charge in [-0.15, -0.1) is 0 Å². The van der Waals surface area contributed by atoms with Crippen LogP contribution in [0, 0.1) is 0 Å². The molecule has 0 bridgehead atoms. The van der Waals surface area contributed by atoms with E-state index >= 15 is 0 Å². The van der Waals surface area contributed by atoms with Gasteiger partial charge in [-0.05, 0) is 38.1 Å². The topological polar surface area (TPSA) is 26.3 Å². The Hall–Kier alpha value is -1.28. The number of rotatable bonds is 4. The summed E-state index contributed by atoms with van der Waals surface area (Å²) in [5, 5.41) is 0.441. The maximum Gasteiger partial charge on any atom is 0.185 e. The van der Waals surface area contributed by atoms with Crippen molar-refractivity contribution in [2.75, 3.05) is 0 Å². The van der Waals surface area contributed by atoms with Gasteiger partial charge in [0.15, 0.2) is 5.78 Å². The average molecular weight is 225 g/mol. The minimum absolute atomic E-state index is 0.0588. The van der Waals surface area contributed by atoms with Gasteiger partial charge in [0.25, 0.3) is 0 Å². The van der Waals surface area contributed by atoms with Crippen LogP contribution in [0.15, 0.2) is 30.9 Å². The largest absolute Gasteiger partial charge is 0.489 e. The van der Waals surface area contributed by atoms with Crippen LogP contribution < -0.4 is 4.74 Å². The molecule has 0 amide bonds. The van der Waals surface area contributed by atoms with Crippen LogP contribution in [-0.4, -0.2) is 11.9 Å². The molecule has 0 unspecified atom stereocenters. The van der Waals surface area contributed by atoms with Gasteiger partial charge >= 0.3 is 0 Å². The van der Waals surface area contributed by atoms with Gasteiger partial charge in [-0.2, -0.15) is 0 Å². The maximum atomic E-state index is 11.3. The lowest BCUT2D eigenvalue weighted by molar-refractivity contribution is 0.104. The van der Waals surface area contributed by atoms with Crippen LogP contribution in [-0.2, 0) is 0 Å². The number of carbonyl (C=O) groups excluding carboxylic acids is 1. The predicted molar refractivity (Wildman–Crippen MR) is 61.7 cm³/mol. The van der Waals surface area contributed by atoms with Gasteiger partial charge in [-0.1, -0.05) is 18.2 Å². The molecule has 0 heterocycles. The Morgan fingerprint density at radius 2 is 2.20 bits per heavy atom. The van der Waals surface area contributed by atoms with E-state index in [4.69, 9.17) is 16.3 Å². The van der Waals surface area contributed by atoms with Crippen LogP contribution in [0.3, 0.4) is 0 Å².